The molecule has 3 unspecified atom stereocenters. The van der Waals surface area contributed by atoms with Gasteiger partial charge in [0.05, 0.1) is 37.2 Å². The van der Waals surface area contributed by atoms with Crippen molar-refractivity contribution < 1.29 is 29.0 Å². The lowest BCUT2D eigenvalue weighted by molar-refractivity contribution is -0.155. The van der Waals surface area contributed by atoms with E-state index in [-0.39, 0.29) is 36.4 Å². The number of aryl methyl sites for hydroxylation is 2. The zero-order valence-electron chi connectivity index (χ0n) is 23.7. The molecule has 2 aromatic rings. The van der Waals surface area contributed by atoms with E-state index in [9.17, 15) is 19.5 Å². The fraction of sp³-hybridized carbons (Fsp3) is 0.469. The SMILES string of the molecule is C=CCN(C(=O)C1N([C@@H](CO)Cc2ccccc2)C(=O)[C@@H]2[C@H](C(=O)OCC)[C@H]3OC12CC3Br)c1cc(C)ccc1C. The predicted molar refractivity (Wildman–Crippen MR) is 159 cm³/mol. The average Bonchev–Trinajstić information content (AvgIpc) is 3.55. The maximum Gasteiger partial charge on any atom is 0.312 e. The molecule has 1 N–H and O–H groups in total. The van der Waals surface area contributed by atoms with Gasteiger partial charge in [-0.3, -0.25) is 14.4 Å². The highest BCUT2D eigenvalue weighted by Gasteiger charge is 2.77. The predicted octanol–water partition coefficient (Wildman–Crippen LogP) is 3.74. The summed E-state index contributed by atoms with van der Waals surface area (Å²) in [6.07, 6.45) is 1.77. The van der Waals surface area contributed by atoms with Gasteiger partial charge in [-0.1, -0.05) is 64.5 Å². The fourth-order valence-electron chi connectivity index (χ4n) is 6.98. The van der Waals surface area contributed by atoms with E-state index in [2.05, 4.69) is 22.5 Å². The van der Waals surface area contributed by atoms with Gasteiger partial charge in [-0.25, -0.2) is 0 Å². The molecular weight excluding hydrogens is 588 g/mol. The van der Waals surface area contributed by atoms with Gasteiger partial charge in [0.1, 0.15) is 11.6 Å². The van der Waals surface area contributed by atoms with E-state index in [1.165, 1.54) is 4.90 Å². The molecule has 3 aliphatic heterocycles. The van der Waals surface area contributed by atoms with E-state index >= 15 is 0 Å². The molecule has 0 aliphatic carbocycles. The van der Waals surface area contributed by atoms with Crippen molar-refractivity contribution in [2.24, 2.45) is 11.8 Å². The molecule has 7 atom stereocenters. The van der Waals surface area contributed by atoms with Crippen molar-refractivity contribution in [1.29, 1.82) is 0 Å². The first-order valence-corrected chi connectivity index (χ1v) is 15.0. The van der Waals surface area contributed by atoms with E-state index in [1.54, 1.807) is 17.9 Å². The van der Waals surface area contributed by atoms with Gasteiger partial charge in [0.2, 0.25) is 5.91 Å². The Kier molecular flexibility index (Phi) is 8.41. The van der Waals surface area contributed by atoms with Crippen molar-refractivity contribution in [2.45, 2.75) is 62.2 Å². The summed E-state index contributed by atoms with van der Waals surface area (Å²) < 4.78 is 12.0. The van der Waals surface area contributed by atoms with E-state index in [0.717, 1.165) is 22.4 Å². The van der Waals surface area contributed by atoms with Crippen LogP contribution in [0.15, 0.2) is 61.2 Å². The number of carbonyl (C=O) groups is 3. The van der Waals surface area contributed by atoms with Crippen LogP contribution in [0.4, 0.5) is 5.69 Å². The Balaban J connectivity index is 1.65. The monoisotopic (exact) mass is 624 g/mol. The number of likely N-dealkylation sites (tertiary alicyclic amines) is 1. The molecule has 41 heavy (non-hydrogen) atoms. The number of halogens is 1. The molecule has 0 aromatic heterocycles. The Morgan fingerprint density at radius 3 is 2.66 bits per heavy atom. The first-order chi connectivity index (χ1) is 19.7. The number of fused-ring (bicyclic) bond motifs is 1. The van der Waals surface area contributed by atoms with Crippen molar-refractivity contribution in [3.63, 3.8) is 0 Å². The molecule has 3 fully saturated rings. The second-order valence-electron chi connectivity index (χ2n) is 11.2. The normalized spacial score (nSPS) is 28.9. The number of aliphatic hydroxyl groups excluding tert-OH is 1. The van der Waals surface area contributed by atoms with Crippen LogP contribution in [-0.2, 0) is 30.3 Å². The number of amides is 2. The lowest BCUT2D eigenvalue weighted by Crippen LogP contribution is -2.59. The zero-order chi connectivity index (χ0) is 29.5. The highest BCUT2D eigenvalue weighted by Crippen LogP contribution is 2.61. The Morgan fingerprint density at radius 1 is 1.27 bits per heavy atom. The minimum atomic E-state index is -1.26. The summed E-state index contributed by atoms with van der Waals surface area (Å²) in [5.74, 6) is -2.95. The third-order valence-corrected chi connectivity index (χ3v) is 9.52. The van der Waals surface area contributed by atoms with Gasteiger partial charge in [0, 0.05) is 17.1 Å². The molecule has 0 radical (unpaired) electrons. The first kappa shape index (κ1) is 29.5. The van der Waals surface area contributed by atoms with Crippen LogP contribution < -0.4 is 4.90 Å². The minimum absolute atomic E-state index is 0.169. The number of rotatable bonds is 10. The minimum Gasteiger partial charge on any atom is -0.466 e. The fourth-order valence-corrected chi connectivity index (χ4v) is 7.92. The van der Waals surface area contributed by atoms with E-state index < -0.39 is 41.6 Å². The third kappa shape index (κ3) is 4.91. The molecule has 3 saturated heterocycles. The lowest BCUT2D eigenvalue weighted by atomic mass is 9.70. The summed E-state index contributed by atoms with van der Waals surface area (Å²) in [5, 5.41) is 10.7. The molecule has 2 amide bonds. The first-order valence-electron chi connectivity index (χ1n) is 14.1. The summed E-state index contributed by atoms with van der Waals surface area (Å²) in [4.78, 5) is 45.5. The second kappa shape index (κ2) is 11.7. The number of aliphatic hydroxyl groups is 1. The van der Waals surface area contributed by atoms with Crippen molar-refractivity contribution >= 4 is 39.4 Å². The van der Waals surface area contributed by atoms with E-state index in [1.807, 2.05) is 62.4 Å². The Labute approximate surface area is 249 Å². The van der Waals surface area contributed by atoms with Gasteiger partial charge in [-0.15, -0.1) is 6.58 Å². The highest BCUT2D eigenvalue weighted by atomic mass is 79.9. The van der Waals surface area contributed by atoms with Crippen molar-refractivity contribution in [3.05, 3.63) is 77.9 Å². The summed E-state index contributed by atoms with van der Waals surface area (Å²) in [7, 11) is 0. The average molecular weight is 626 g/mol. The maximum absolute atomic E-state index is 14.9. The number of benzene rings is 2. The van der Waals surface area contributed by atoms with Crippen molar-refractivity contribution in [1.82, 2.24) is 4.90 Å². The second-order valence-corrected chi connectivity index (χ2v) is 12.4. The number of carbonyl (C=O) groups excluding carboxylic acids is 3. The molecule has 5 rings (SSSR count). The largest absolute Gasteiger partial charge is 0.466 e. The van der Waals surface area contributed by atoms with Crippen LogP contribution in [0.25, 0.3) is 0 Å². The van der Waals surface area contributed by atoms with Crippen molar-refractivity contribution in [3.8, 4) is 0 Å². The molecule has 0 saturated carbocycles. The summed E-state index contributed by atoms with van der Waals surface area (Å²) in [6, 6.07) is 13.7. The molecule has 8 nitrogen and oxygen atoms in total. The molecule has 2 bridgehead atoms. The quantitative estimate of drug-likeness (QED) is 0.246. The smallest absolute Gasteiger partial charge is 0.312 e. The maximum atomic E-state index is 14.9. The molecule has 9 heteroatoms. The van der Waals surface area contributed by atoms with Gasteiger partial charge in [0.25, 0.3) is 5.91 Å². The van der Waals surface area contributed by atoms with Crippen LogP contribution in [0.3, 0.4) is 0 Å². The van der Waals surface area contributed by atoms with E-state index in [0.29, 0.717) is 12.8 Å². The van der Waals surface area contributed by atoms with Gasteiger partial charge in [-0.05, 0) is 56.4 Å². The van der Waals surface area contributed by atoms with Crippen LogP contribution in [0.5, 0.6) is 0 Å². The number of nitrogens with zero attached hydrogens (tertiary/aromatic N) is 2. The van der Waals surface area contributed by atoms with Gasteiger partial charge in [0.15, 0.2) is 0 Å². The van der Waals surface area contributed by atoms with Crippen LogP contribution in [-0.4, -0.2) is 76.2 Å². The Bertz CT molecular complexity index is 1330. The third-order valence-electron chi connectivity index (χ3n) is 8.67. The number of alkyl halides is 1. The molecule has 3 heterocycles. The van der Waals surface area contributed by atoms with Gasteiger partial charge in [-0.2, -0.15) is 0 Å². The molecule has 218 valence electrons. The summed E-state index contributed by atoms with van der Waals surface area (Å²) in [5.41, 5.74) is 2.27. The Hall–Kier alpha value is -3.01. The number of hydrogen-bond acceptors (Lipinski definition) is 6. The topological polar surface area (TPSA) is 96.4 Å². The summed E-state index contributed by atoms with van der Waals surface area (Å²) >= 11 is 3.69. The van der Waals surface area contributed by atoms with E-state index in [4.69, 9.17) is 9.47 Å². The molecule has 3 aliphatic rings. The standard InChI is InChI=1S/C32H37BrN2O6/c1-5-14-34(24-15-19(3)12-13-20(24)4)30(38)28-32-17-23(33)27(41-32)25(31(39)40-6-2)26(32)29(37)35(28)22(18-36)16-21-10-8-7-9-11-21/h5,7-13,15,22-23,25-28,36H,1,6,14,16-18H2,2-4H3/t22-,23?,25+,26+,27+,28?,32?/m1/s1. The molecular formula is C32H37BrN2O6. The molecule has 2 aromatic carbocycles. The zero-order valence-corrected chi connectivity index (χ0v) is 25.2. The van der Waals surface area contributed by atoms with Gasteiger partial charge < -0.3 is 24.4 Å². The number of anilines is 1. The number of hydrogen-bond donors (Lipinski definition) is 1. The number of esters is 1. The van der Waals surface area contributed by atoms with Crippen molar-refractivity contribution in [2.75, 3.05) is 24.7 Å². The van der Waals surface area contributed by atoms with Gasteiger partial charge >= 0.3 is 5.97 Å². The lowest BCUT2D eigenvalue weighted by Gasteiger charge is -2.39. The van der Waals surface area contributed by atoms with Crippen LogP contribution in [0.1, 0.15) is 30.0 Å². The highest BCUT2D eigenvalue weighted by molar-refractivity contribution is 9.09. The number of ether oxygens (including phenoxy) is 2. The van der Waals surface area contributed by atoms with Crippen LogP contribution >= 0.6 is 15.9 Å². The Morgan fingerprint density at radius 2 is 2.00 bits per heavy atom. The summed E-state index contributed by atoms with van der Waals surface area (Å²) in [6.45, 7) is 9.54. The van der Waals surface area contributed by atoms with Crippen LogP contribution in [0, 0.1) is 25.7 Å². The molecule has 1 spiro atoms. The van der Waals surface area contributed by atoms with Crippen LogP contribution in [0.2, 0.25) is 0 Å².